The van der Waals surface area contributed by atoms with Gasteiger partial charge in [-0.15, -0.1) is 0 Å². The van der Waals surface area contributed by atoms with E-state index in [0.717, 1.165) is 6.54 Å². The van der Waals surface area contributed by atoms with Crippen molar-refractivity contribution in [1.82, 2.24) is 0 Å². The van der Waals surface area contributed by atoms with Gasteiger partial charge in [-0.2, -0.15) is 0 Å². The lowest BCUT2D eigenvalue weighted by atomic mass is 9.80. The van der Waals surface area contributed by atoms with Crippen LogP contribution in [0.25, 0.3) is 0 Å². The van der Waals surface area contributed by atoms with Crippen LogP contribution in [-0.4, -0.2) is 23.7 Å². The van der Waals surface area contributed by atoms with Crippen LogP contribution in [0.1, 0.15) is 51.2 Å². The molecule has 0 spiro atoms. The zero-order valence-electron chi connectivity index (χ0n) is 13.1. The number of carboxylic acids is 1. The second kappa shape index (κ2) is 5.12. The SMILES string of the molecule is Cc1ccc2c(c1)C(CC(C)(C)C(=O)O)CN2C(C)C. The quantitative estimate of drug-likeness (QED) is 0.908. The summed E-state index contributed by atoms with van der Waals surface area (Å²) < 4.78 is 0. The number of hydrogen-bond donors (Lipinski definition) is 1. The molecule has 0 saturated heterocycles. The van der Waals surface area contributed by atoms with Crippen LogP contribution in [0.4, 0.5) is 5.69 Å². The summed E-state index contributed by atoms with van der Waals surface area (Å²) in [4.78, 5) is 13.8. The Morgan fingerprint density at radius 2 is 2.10 bits per heavy atom. The third-order valence-corrected chi connectivity index (χ3v) is 4.31. The van der Waals surface area contributed by atoms with Crippen LogP contribution in [0.5, 0.6) is 0 Å². The lowest BCUT2D eigenvalue weighted by Gasteiger charge is -2.26. The minimum Gasteiger partial charge on any atom is -0.481 e. The van der Waals surface area contributed by atoms with Gasteiger partial charge in [0.1, 0.15) is 0 Å². The summed E-state index contributed by atoms with van der Waals surface area (Å²) in [5.41, 5.74) is 3.15. The van der Waals surface area contributed by atoms with E-state index in [9.17, 15) is 9.90 Å². The number of aryl methyl sites for hydroxylation is 1. The first kappa shape index (κ1) is 14.9. The van der Waals surface area contributed by atoms with E-state index in [1.165, 1.54) is 16.8 Å². The van der Waals surface area contributed by atoms with Crippen LogP contribution in [0, 0.1) is 12.3 Å². The predicted octanol–water partition coefficient (Wildman–Crippen LogP) is 3.81. The summed E-state index contributed by atoms with van der Waals surface area (Å²) in [6.07, 6.45) is 0.683. The fourth-order valence-corrected chi connectivity index (χ4v) is 3.06. The van der Waals surface area contributed by atoms with Crippen molar-refractivity contribution in [3.63, 3.8) is 0 Å². The summed E-state index contributed by atoms with van der Waals surface area (Å²) in [7, 11) is 0. The van der Waals surface area contributed by atoms with E-state index in [4.69, 9.17) is 0 Å². The van der Waals surface area contributed by atoms with E-state index in [1.807, 2.05) is 13.8 Å². The Morgan fingerprint density at radius 1 is 1.45 bits per heavy atom. The van der Waals surface area contributed by atoms with Crippen LogP contribution >= 0.6 is 0 Å². The molecule has 1 N–H and O–H groups in total. The molecule has 1 aromatic rings. The molecule has 0 amide bonds. The first-order valence-electron chi connectivity index (χ1n) is 7.33. The van der Waals surface area contributed by atoms with Gasteiger partial charge in [0.05, 0.1) is 5.41 Å². The molecule has 3 heteroatoms. The number of benzene rings is 1. The molecule has 1 aliphatic heterocycles. The van der Waals surface area contributed by atoms with Crippen molar-refractivity contribution in [2.24, 2.45) is 5.41 Å². The van der Waals surface area contributed by atoms with Crippen molar-refractivity contribution < 1.29 is 9.90 Å². The van der Waals surface area contributed by atoms with Crippen LogP contribution < -0.4 is 4.90 Å². The Balaban J connectivity index is 2.34. The van der Waals surface area contributed by atoms with E-state index in [1.54, 1.807) is 0 Å². The second-order valence-corrected chi connectivity index (χ2v) is 6.90. The highest BCUT2D eigenvalue weighted by atomic mass is 16.4. The molecule has 2 rings (SSSR count). The molecule has 0 aromatic heterocycles. The number of hydrogen-bond acceptors (Lipinski definition) is 2. The second-order valence-electron chi connectivity index (χ2n) is 6.90. The Labute approximate surface area is 121 Å². The van der Waals surface area contributed by atoms with E-state index >= 15 is 0 Å². The molecule has 1 atom stereocenters. The highest BCUT2D eigenvalue weighted by Crippen LogP contribution is 2.43. The first-order valence-corrected chi connectivity index (χ1v) is 7.33. The minimum absolute atomic E-state index is 0.304. The standard InChI is InChI=1S/C17H25NO2/c1-11(2)18-10-13(9-17(4,5)16(19)20)14-8-12(3)6-7-15(14)18/h6-8,11,13H,9-10H2,1-5H3,(H,19,20). The summed E-state index contributed by atoms with van der Waals surface area (Å²) in [5, 5.41) is 9.37. The number of carboxylic acid groups (broad SMARTS) is 1. The van der Waals surface area contributed by atoms with Gasteiger partial charge in [-0.25, -0.2) is 0 Å². The molecular weight excluding hydrogens is 250 g/mol. The third kappa shape index (κ3) is 2.67. The van der Waals surface area contributed by atoms with Crippen molar-refractivity contribution in [2.45, 2.75) is 53.0 Å². The maximum absolute atomic E-state index is 11.4. The van der Waals surface area contributed by atoms with Gasteiger partial charge >= 0.3 is 5.97 Å². The Kier molecular flexibility index (Phi) is 3.81. The number of carbonyl (C=O) groups is 1. The molecule has 1 aliphatic rings. The maximum Gasteiger partial charge on any atom is 0.309 e. The molecule has 0 bridgehead atoms. The van der Waals surface area contributed by atoms with Gasteiger partial charge in [0, 0.05) is 24.2 Å². The van der Waals surface area contributed by atoms with E-state index in [2.05, 4.69) is 43.9 Å². The van der Waals surface area contributed by atoms with E-state index < -0.39 is 11.4 Å². The van der Waals surface area contributed by atoms with Crippen LogP contribution in [0.2, 0.25) is 0 Å². The van der Waals surface area contributed by atoms with Crippen molar-refractivity contribution in [1.29, 1.82) is 0 Å². The Morgan fingerprint density at radius 3 is 2.65 bits per heavy atom. The van der Waals surface area contributed by atoms with Crippen molar-refractivity contribution in [2.75, 3.05) is 11.4 Å². The van der Waals surface area contributed by atoms with Gasteiger partial charge in [0.15, 0.2) is 0 Å². The number of fused-ring (bicyclic) bond motifs is 1. The molecule has 0 fully saturated rings. The van der Waals surface area contributed by atoms with Gasteiger partial charge < -0.3 is 10.0 Å². The van der Waals surface area contributed by atoms with Gasteiger partial charge in [-0.1, -0.05) is 17.7 Å². The maximum atomic E-state index is 11.4. The van der Waals surface area contributed by atoms with Crippen LogP contribution in [-0.2, 0) is 4.79 Å². The summed E-state index contributed by atoms with van der Waals surface area (Å²) in [6, 6.07) is 6.98. The average Bonchev–Trinajstić information content (AvgIpc) is 2.67. The topological polar surface area (TPSA) is 40.5 Å². The van der Waals surface area contributed by atoms with Crippen LogP contribution in [0.3, 0.4) is 0 Å². The summed E-state index contributed by atoms with van der Waals surface area (Å²) in [5.74, 6) is -0.409. The number of nitrogens with zero attached hydrogens (tertiary/aromatic N) is 1. The fraction of sp³-hybridized carbons (Fsp3) is 0.588. The highest BCUT2D eigenvalue weighted by Gasteiger charge is 2.37. The molecule has 0 radical (unpaired) electrons. The van der Waals surface area contributed by atoms with E-state index in [0.29, 0.717) is 18.4 Å². The molecule has 110 valence electrons. The van der Waals surface area contributed by atoms with Crippen molar-refractivity contribution >= 4 is 11.7 Å². The van der Waals surface area contributed by atoms with Gasteiger partial charge in [-0.3, -0.25) is 4.79 Å². The molecule has 20 heavy (non-hydrogen) atoms. The normalized spacial score (nSPS) is 18.5. The predicted molar refractivity (Wildman–Crippen MR) is 82.4 cm³/mol. The monoisotopic (exact) mass is 275 g/mol. The Hall–Kier alpha value is -1.51. The minimum atomic E-state index is -0.713. The number of anilines is 1. The highest BCUT2D eigenvalue weighted by molar-refractivity contribution is 5.74. The molecule has 1 heterocycles. The smallest absolute Gasteiger partial charge is 0.309 e. The van der Waals surface area contributed by atoms with E-state index in [-0.39, 0.29) is 0 Å². The summed E-state index contributed by atoms with van der Waals surface area (Å²) >= 11 is 0. The fourth-order valence-electron chi connectivity index (χ4n) is 3.06. The zero-order chi connectivity index (χ0) is 15.1. The van der Waals surface area contributed by atoms with Crippen LogP contribution in [0.15, 0.2) is 18.2 Å². The lowest BCUT2D eigenvalue weighted by molar-refractivity contribution is -0.147. The lowest BCUT2D eigenvalue weighted by Crippen LogP contribution is -2.32. The average molecular weight is 275 g/mol. The zero-order valence-corrected chi connectivity index (χ0v) is 13.1. The molecule has 1 unspecified atom stereocenters. The van der Waals surface area contributed by atoms with Crippen molar-refractivity contribution in [3.05, 3.63) is 29.3 Å². The number of rotatable bonds is 4. The van der Waals surface area contributed by atoms with Gasteiger partial charge in [-0.05, 0) is 52.7 Å². The molecular formula is C17H25NO2. The molecule has 3 nitrogen and oxygen atoms in total. The Bertz CT molecular complexity index is 520. The van der Waals surface area contributed by atoms with Gasteiger partial charge in [0.2, 0.25) is 0 Å². The summed E-state index contributed by atoms with van der Waals surface area (Å²) in [6.45, 7) is 11.0. The van der Waals surface area contributed by atoms with Crippen molar-refractivity contribution in [3.8, 4) is 0 Å². The largest absolute Gasteiger partial charge is 0.481 e. The molecule has 0 saturated carbocycles. The third-order valence-electron chi connectivity index (χ3n) is 4.31. The molecule has 1 aromatic carbocycles. The van der Waals surface area contributed by atoms with Gasteiger partial charge in [0.25, 0.3) is 0 Å². The number of aliphatic carboxylic acids is 1. The molecule has 0 aliphatic carbocycles. The first-order chi connectivity index (χ1) is 9.22.